The van der Waals surface area contributed by atoms with Crippen LogP contribution in [0.3, 0.4) is 0 Å². The summed E-state index contributed by atoms with van der Waals surface area (Å²) in [6, 6.07) is 21.1. The van der Waals surface area contributed by atoms with Crippen LogP contribution in [0.5, 0.6) is 11.5 Å². The van der Waals surface area contributed by atoms with Crippen LogP contribution < -0.4 is 4.74 Å². The predicted molar refractivity (Wildman–Crippen MR) is 142 cm³/mol. The fraction of sp³-hybridized carbons (Fsp3) is 0.241. The second kappa shape index (κ2) is 11.1. The molecule has 6 nitrogen and oxygen atoms in total. The van der Waals surface area contributed by atoms with Crippen LogP contribution in [-0.2, 0) is 14.3 Å². The standard InChI is InChI=1S/C29H28BrNO5/c1-18(2)35-15-14-31-26(20-8-7-11-23(17-20)36-22-9-5-4-6-10-22)25(28(33)29(31)34)27(32)21-12-13-24(30)19(3)16-21/h4-13,16-18,26,32H,14-15H2,1-3H3/b27-25-. The third-order valence-corrected chi connectivity index (χ3v) is 6.80. The van der Waals surface area contributed by atoms with Crippen molar-refractivity contribution >= 4 is 33.4 Å². The zero-order valence-corrected chi connectivity index (χ0v) is 22.0. The Kier molecular flexibility index (Phi) is 7.91. The number of nitrogens with zero attached hydrogens (tertiary/aromatic N) is 1. The number of ketones is 1. The molecule has 1 amide bonds. The number of aliphatic hydroxyl groups is 1. The smallest absolute Gasteiger partial charge is 0.295 e. The van der Waals surface area contributed by atoms with E-state index >= 15 is 0 Å². The Morgan fingerprint density at radius 1 is 1.00 bits per heavy atom. The summed E-state index contributed by atoms with van der Waals surface area (Å²) in [6.07, 6.45) is -0.0198. The molecule has 0 aliphatic carbocycles. The lowest BCUT2D eigenvalue weighted by molar-refractivity contribution is -0.140. The molecular weight excluding hydrogens is 522 g/mol. The number of rotatable bonds is 8. The highest BCUT2D eigenvalue weighted by atomic mass is 79.9. The van der Waals surface area contributed by atoms with Crippen molar-refractivity contribution in [2.24, 2.45) is 0 Å². The Bertz CT molecular complexity index is 1300. The fourth-order valence-corrected chi connectivity index (χ4v) is 4.41. The number of hydrogen-bond acceptors (Lipinski definition) is 5. The Hall–Kier alpha value is -3.42. The molecule has 4 rings (SSSR count). The molecule has 1 atom stereocenters. The largest absolute Gasteiger partial charge is 0.507 e. The summed E-state index contributed by atoms with van der Waals surface area (Å²) in [6.45, 7) is 6.18. The molecule has 36 heavy (non-hydrogen) atoms. The minimum Gasteiger partial charge on any atom is -0.507 e. The van der Waals surface area contributed by atoms with Gasteiger partial charge in [0.15, 0.2) is 0 Å². The zero-order chi connectivity index (χ0) is 25.8. The van der Waals surface area contributed by atoms with Crippen molar-refractivity contribution in [3.63, 3.8) is 0 Å². The molecule has 0 aromatic heterocycles. The van der Waals surface area contributed by atoms with E-state index in [2.05, 4.69) is 15.9 Å². The maximum Gasteiger partial charge on any atom is 0.295 e. The van der Waals surface area contributed by atoms with Gasteiger partial charge in [-0.2, -0.15) is 0 Å². The number of Topliss-reactive ketones (excluding diaryl/α,β-unsaturated/α-hetero) is 1. The number of carbonyl (C=O) groups excluding carboxylic acids is 2. The third kappa shape index (κ3) is 5.53. The average molecular weight is 550 g/mol. The van der Waals surface area contributed by atoms with Gasteiger partial charge in [0.05, 0.1) is 24.3 Å². The summed E-state index contributed by atoms with van der Waals surface area (Å²) in [7, 11) is 0. The lowest BCUT2D eigenvalue weighted by Gasteiger charge is -2.26. The molecule has 1 heterocycles. The Morgan fingerprint density at radius 3 is 2.42 bits per heavy atom. The lowest BCUT2D eigenvalue weighted by Crippen LogP contribution is -2.33. The van der Waals surface area contributed by atoms with Gasteiger partial charge < -0.3 is 19.5 Å². The third-order valence-electron chi connectivity index (χ3n) is 5.91. The van der Waals surface area contributed by atoms with E-state index in [9.17, 15) is 14.7 Å². The normalized spacial score (nSPS) is 17.1. The van der Waals surface area contributed by atoms with Crippen molar-refractivity contribution in [2.75, 3.05) is 13.2 Å². The van der Waals surface area contributed by atoms with Crippen LogP contribution in [0.4, 0.5) is 0 Å². The highest BCUT2D eigenvalue weighted by Gasteiger charge is 2.46. The van der Waals surface area contributed by atoms with Gasteiger partial charge in [-0.25, -0.2) is 0 Å². The van der Waals surface area contributed by atoms with E-state index in [0.717, 1.165) is 10.0 Å². The number of amides is 1. The first-order valence-electron chi connectivity index (χ1n) is 11.8. The summed E-state index contributed by atoms with van der Waals surface area (Å²) in [4.78, 5) is 27.9. The van der Waals surface area contributed by atoms with Gasteiger partial charge in [-0.05, 0) is 68.3 Å². The first-order valence-corrected chi connectivity index (χ1v) is 12.5. The first-order chi connectivity index (χ1) is 17.3. The number of aliphatic hydroxyl groups excluding tert-OH is 1. The molecular formula is C29H28BrNO5. The van der Waals surface area contributed by atoms with Gasteiger partial charge in [-0.3, -0.25) is 9.59 Å². The van der Waals surface area contributed by atoms with Crippen molar-refractivity contribution in [1.82, 2.24) is 4.90 Å². The van der Waals surface area contributed by atoms with Crippen molar-refractivity contribution in [2.45, 2.75) is 32.9 Å². The van der Waals surface area contributed by atoms with Crippen LogP contribution in [0, 0.1) is 6.92 Å². The number of likely N-dealkylation sites (tertiary alicyclic amines) is 1. The maximum atomic E-state index is 13.2. The second-order valence-corrected chi connectivity index (χ2v) is 9.72. The molecule has 0 spiro atoms. The summed E-state index contributed by atoms with van der Waals surface area (Å²) < 4.78 is 12.5. The fourth-order valence-electron chi connectivity index (χ4n) is 4.16. The van der Waals surface area contributed by atoms with Crippen LogP contribution in [0.1, 0.15) is 36.6 Å². The Balaban J connectivity index is 1.79. The number of carbonyl (C=O) groups is 2. The maximum absolute atomic E-state index is 13.2. The number of ether oxygens (including phenoxy) is 2. The van der Waals surface area contributed by atoms with E-state index < -0.39 is 17.7 Å². The van der Waals surface area contributed by atoms with Gasteiger partial charge in [0.1, 0.15) is 17.3 Å². The highest BCUT2D eigenvalue weighted by Crippen LogP contribution is 2.40. The van der Waals surface area contributed by atoms with Crippen molar-refractivity contribution in [1.29, 1.82) is 0 Å². The predicted octanol–water partition coefficient (Wildman–Crippen LogP) is 6.40. The molecule has 0 radical (unpaired) electrons. The highest BCUT2D eigenvalue weighted by molar-refractivity contribution is 9.10. The van der Waals surface area contributed by atoms with Crippen LogP contribution in [-0.4, -0.2) is 41.0 Å². The topological polar surface area (TPSA) is 76.1 Å². The van der Waals surface area contributed by atoms with Crippen molar-refractivity contribution in [3.05, 3.63) is 99.5 Å². The first kappa shape index (κ1) is 25.7. The van der Waals surface area contributed by atoms with Gasteiger partial charge in [0, 0.05) is 16.6 Å². The van der Waals surface area contributed by atoms with E-state index in [1.165, 1.54) is 4.90 Å². The average Bonchev–Trinajstić information content (AvgIpc) is 3.11. The molecule has 186 valence electrons. The lowest BCUT2D eigenvalue weighted by atomic mass is 9.94. The Labute approximate surface area is 219 Å². The molecule has 7 heteroatoms. The Morgan fingerprint density at radius 2 is 1.72 bits per heavy atom. The number of benzene rings is 3. The monoisotopic (exact) mass is 549 g/mol. The van der Waals surface area contributed by atoms with Gasteiger partial charge in [0.25, 0.3) is 11.7 Å². The molecule has 0 bridgehead atoms. The molecule has 3 aromatic carbocycles. The van der Waals surface area contributed by atoms with Crippen LogP contribution in [0.25, 0.3) is 5.76 Å². The zero-order valence-electron chi connectivity index (χ0n) is 20.4. The van der Waals surface area contributed by atoms with Crippen molar-refractivity contribution < 1.29 is 24.2 Å². The van der Waals surface area contributed by atoms with E-state index in [1.54, 1.807) is 24.3 Å². The molecule has 3 aromatic rings. The van der Waals surface area contributed by atoms with Crippen LogP contribution in [0.15, 0.2) is 82.8 Å². The van der Waals surface area contributed by atoms with E-state index in [1.807, 2.05) is 69.3 Å². The molecule has 1 aliphatic rings. The van der Waals surface area contributed by atoms with E-state index in [-0.39, 0.29) is 30.6 Å². The molecule has 1 saturated heterocycles. The molecule has 1 unspecified atom stereocenters. The van der Waals surface area contributed by atoms with Crippen LogP contribution >= 0.6 is 15.9 Å². The molecule has 1 aliphatic heterocycles. The molecule has 0 saturated carbocycles. The van der Waals surface area contributed by atoms with Gasteiger partial charge in [-0.15, -0.1) is 0 Å². The van der Waals surface area contributed by atoms with Gasteiger partial charge in [-0.1, -0.05) is 52.3 Å². The number of aryl methyl sites for hydroxylation is 1. The number of halogens is 1. The summed E-state index contributed by atoms with van der Waals surface area (Å²) in [5.74, 6) is -0.383. The molecule has 1 fully saturated rings. The second-order valence-electron chi connectivity index (χ2n) is 8.86. The summed E-state index contributed by atoms with van der Waals surface area (Å²) in [5.41, 5.74) is 2.06. The van der Waals surface area contributed by atoms with Gasteiger partial charge in [0.2, 0.25) is 0 Å². The number of hydrogen-bond donors (Lipinski definition) is 1. The number of para-hydroxylation sites is 1. The summed E-state index contributed by atoms with van der Waals surface area (Å²) >= 11 is 3.46. The van der Waals surface area contributed by atoms with E-state index in [0.29, 0.717) is 22.6 Å². The molecule has 1 N–H and O–H groups in total. The SMILES string of the molecule is Cc1cc(/C(O)=C2/C(=O)C(=O)N(CCOC(C)C)C2c2cccc(Oc3ccccc3)c2)ccc1Br. The minimum atomic E-state index is -0.788. The minimum absolute atomic E-state index is 0.0198. The quantitative estimate of drug-likeness (QED) is 0.200. The summed E-state index contributed by atoms with van der Waals surface area (Å²) in [5, 5.41) is 11.3. The van der Waals surface area contributed by atoms with E-state index in [4.69, 9.17) is 9.47 Å². The van der Waals surface area contributed by atoms with Gasteiger partial charge >= 0.3 is 0 Å². The van der Waals surface area contributed by atoms with Crippen LogP contribution in [0.2, 0.25) is 0 Å². The van der Waals surface area contributed by atoms with Crippen molar-refractivity contribution in [3.8, 4) is 11.5 Å².